The Hall–Kier alpha value is -1.47. The number of rotatable bonds is 5. The first kappa shape index (κ1) is 15.4. The van der Waals surface area contributed by atoms with Crippen LogP contribution in [0.3, 0.4) is 0 Å². The average Bonchev–Trinajstić information content (AvgIpc) is 3.20. The zero-order valence-electron chi connectivity index (χ0n) is 12.6. The Morgan fingerprint density at radius 2 is 2.18 bits per heavy atom. The van der Waals surface area contributed by atoms with Crippen molar-refractivity contribution in [1.29, 1.82) is 0 Å². The van der Waals surface area contributed by atoms with Crippen molar-refractivity contribution >= 4 is 28.3 Å². The number of amides is 2. The SMILES string of the molecule is NCC1(NC(=O)Cc2csc(N3CCCC3=O)n2)CCCC1. The molecular formula is C15H22N4O2S. The fourth-order valence-corrected chi connectivity index (χ4v) is 4.16. The van der Waals surface area contributed by atoms with Gasteiger partial charge in [-0.25, -0.2) is 4.98 Å². The van der Waals surface area contributed by atoms with Crippen LogP contribution in [0.5, 0.6) is 0 Å². The molecule has 2 aliphatic rings. The zero-order chi connectivity index (χ0) is 15.6. The van der Waals surface area contributed by atoms with Crippen molar-refractivity contribution in [2.75, 3.05) is 18.0 Å². The van der Waals surface area contributed by atoms with E-state index in [1.807, 2.05) is 5.38 Å². The van der Waals surface area contributed by atoms with E-state index >= 15 is 0 Å². The van der Waals surface area contributed by atoms with E-state index in [-0.39, 0.29) is 23.8 Å². The van der Waals surface area contributed by atoms with Crippen LogP contribution in [0.25, 0.3) is 0 Å². The number of carbonyl (C=O) groups excluding carboxylic acids is 2. The predicted molar refractivity (Wildman–Crippen MR) is 85.8 cm³/mol. The fourth-order valence-electron chi connectivity index (χ4n) is 3.29. The molecule has 1 aliphatic heterocycles. The molecule has 3 rings (SSSR count). The molecule has 0 radical (unpaired) electrons. The van der Waals surface area contributed by atoms with Crippen molar-refractivity contribution in [3.05, 3.63) is 11.1 Å². The second-order valence-electron chi connectivity index (χ2n) is 6.19. The largest absolute Gasteiger partial charge is 0.349 e. The van der Waals surface area contributed by atoms with E-state index in [4.69, 9.17) is 5.73 Å². The van der Waals surface area contributed by atoms with Crippen LogP contribution in [0.4, 0.5) is 5.13 Å². The number of thiazole rings is 1. The average molecular weight is 322 g/mol. The van der Waals surface area contributed by atoms with Crippen LogP contribution >= 0.6 is 11.3 Å². The first-order valence-electron chi connectivity index (χ1n) is 7.88. The van der Waals surface area contributed by atoms with Crippen molar-refractivity contribution in [1.82, 2.24) is 10.3 Å². The number of hydrogen-bond acceptors (Lipinski definition) is 5. The Kier molecular flexibility index (Phi) is 4.44. The zero-order valence-corrected chi connectivity index (χ0v) is 13.5. The summed E-state index contributed by atoms with van der Waals surface area (Å²) in [5.74, 6) is 0.0929. The van der Waals surface area contributed by atoms with Crippen LogP contribution in [0.2, 0.25) is 0 Å². The molecule has 1 saturated carbocycles. The van der Waals surface area contributed by atoms with Crippen LogP contribution < -0.4 is 16.0 Å². The summed E-state index contributed by atoms with van der Waals surface area (Å²) >= 11 is 1.43. The number of aromatic nitrogens is 1. The smallest absolute Gasteiger partial charge is 0.228 e. The van der Waals surface area contributed by atoms with Gasteiger partial charge < -0.3 is 11.1 Å². The number of nitrogens with two attached hydrogens (primary N) is 1. The summed E-state index contributed by atoms with van der Waals surface area (Å²) in [6.45, 7) is 1.22. The lowest BCUT2D eigenvalue weighted by atomic mass is 9.97. The number of hydrogen-bond donors (Lipinski definition) is 2. The van der Waals surface area contributed by atoms with Gasteiger partial charge >= 0.3 is 0 Å². The summed E-state index contributed by atoms with van der Waals surface area (Å²) in [4.78, 5) is 30.1. The molecule has 7 heteroatoms. The molecule has 0 unspecified atom stereocenters. The van der Waals surface area contributed by atoms with Gasteiger partial charge in [0, 0.05) is 24.9 Å². The molecule has 1 aromatic rings. The maximum absolute atomic E-state index is 12.2. The monoisotopic (exact) mass is 322 g/mol. The predicted octanol–water partition coefficient (Wildman–Crippen LogP) is 1.20. The van der Waals surface area contributed by atoms with E-state index in [1.54, 1.807) is 4.90 Å². The van der Waals surface area contributed by atoms with Crippen molar-refractivity contribution in [3.63, 3.8) is 0 Å². The maximum atomic E-state index is 12.2. The highest BCUT2D eigenvalue weighted by atomic mass is 32.1. The summed E-state index contributed by atoms with van der Waals surface area (Å²) in [5, 5.41) is 5.67. The first-order valence-corrected chi connectivity index (χ1v) is 8.76. The van der Waals surface area contributed by atoms with E-state index < -0.39 is 0 Å². The minimum absolute atomic E-state index is 0.0306. The second-order valence-corrected chi connectivity index (χ2v) is 7.02. The molecule has 1 saturated heterocycles. The fraction of sp³-hybridized carbons (Fsp3) is 0.667. The van der Waals surface area contributed by atoms with Crippen LogP contribution in [0.1, 0.15) is 44.2 Å². The lowest BCUT2D eigenvalue weighted by Crippen LogP contribution is -2.52. The maximum Gasteiger partial charge on any atom is 0.228 e. The summed E-state index contributed by atoms with van der Waals surface area (Å²) in [6, 6.07) is 0. The van der Waals surface area contributed by atoms with Gasteiger partial charge in [-0.3, -0.25) is 14.5 Å². The highest BCUT2D eigenvalue weighted by molar-refractivity contribution is 7.14. The molecule has 1 aromatic heterocycles. The Labute approximate surface area is 134 Å². The van der Waals surface area contributed by atoms with Gasteiger partial charge in [0.2, 0.25) is 11.8 Å². The van der Waals surface area contributed by atoms with E-state index in [2.05, 4.69) is 10.3 Å². The lowest BCUT2D eigenvalue weighted by Gasteiger charge is -2.28. The van der Waals surface area contributed by atoms with Gasteiger partial charge in [0.05, 0.1) is 17.7 Å². The number of nitrogens with zero attached hydrogens (tertiary/aromatic N) is 2. The molecule has 0 atom stereocenters. The highest BCUT2D eigenvalue weighted by Gasteiger charge is 2.34. The van der Waals surface area contributed by atoms with Gasteiger partial charge in [0.15, 0.2) is 5.13 Å². The molecule has 2 amide bonds. The highest BCUT2D eigenvalue weighted by Crippen LogP contribution is 2.29. The Morgan fingerprint density at radius 3 is 2.82 bits per heavy atom. The van der Waals surface area contributed by atoms with E-state index in [0.717, 1.165) is 44.3 Å². The lowest BCUT2D eigenvalue weighted by molar-refractivity contribution is -0.122. The summed E-state index contributed by atoms with van der Waals surface area (Å²) < 4.78 is 0. The second kappa shape index (κ2) is 6.34. The summed E-state index contributed by atoms with van der Waals surface area (Å²) in [7, 11) is 0. The number of nitrogens with one attached hydrogen (secondary N) is 1. The molecule has 22 heavy (non-hydrogen) atoms. The molecule has 2 heterocycles. The minimum atomic E-state index is -0.221. The van der Waals surface area contributed by atoms with Crippen LogP contribution in [0.15, 0.2) is 5.38 Å². The molecule has 3 N–H and O–H groups in total. The number of carbonyl (C=O) groups is 2. The van der Waals surface area contributed by atoms with Crippen LogP contribution in [0, 0.1) is 0 Å². The molecule has 0 bridgehead atoms. The topological polar surface area (TPSA) is 88.3 Å². The van der Waals surface area contributed by atoms with Crippen LogP contribution in [-0.4, -0.2) is 35.4 Å². The quantitative estimate of drug-likeness (QED) is 0.852. The third-order valence-electron chi connectivity index (χ3n) is 4.54. The molecule has 120 valence electrons. The Balaban J connectivity index is 1.60. The number of anilines is 1. The summed E-state index contributed by atoms with van der Waals surface area (Å²) in [5.41, 5.74) is 6.34. The van der Waals surface area contributed by atoms with Crippen molar-refractivity contribution in [3.8, 4) is 0 Å². The van der Waals surface area contributed by atoms with Gasteiger partial charge in [-0.05, 0) is 19.3 Å². The van der Waals surface area contributed by atoms with Gasteiger partial charge in [-0.1, -0.05) is 12.8 Å². The van der Waals surface area contributed by atoms with E-state index in [0.29, 0.717) is 18.1 Å². The Bertz CT molecular complexity index is 566. The van der Waals surface area contributed by atoms with Gasteiger partial charge in [0.25, 0.3) is 0 Å². The minimum Gasteiger partial charge on any atom is -0.349 e. The van der Waals surface area contributed by atoms with Crippen molar-refractivity contribution < 1.29 is 9.59 Å². The molecule has 0 aromatic carbocycles. The molecule has 6 nitrogen and oxygen atoms in total. The van der Waals surface area contributed by atoms with Gasteiger partial charge in [-0.2, -0.15) is 0 Å². The summed E-state index contributed by atoms with van der Waals surface area (Å²) in [6.07, 6.45) is 5.88. The van der Waals surface area contributed by atoms with Crippen molar-refractivity contribution in [2.45, 2.75) is 50.5 Å². The molecule has 1 aliphatic carbocycles. The van der Waals surface area contributed by atoms with Gasteiger partial charge in [-0.15, -0.1) is 11.3 Å². The van der Waals surface area contributed by atoms with Crippen LogP contribution in [-0.2, 0) is 16.0 Å². The van der Waals surface area contributed by atoms with Crippen molar-refractivity contribution in [2.24, 2.45) is 5.73 Å². The Morgan fingerprint density at radius 1 is 1.41 bits per heavy atom. The third kappa shape index (κ3) is 3.15. The van der Waals surface area contributed by atoms with E-state index in [9.17, 15) is 9.59 Å². The normalized spacial score (nSPS) is 20.6. The van der Waals surface area contributed by atoms with Gasteiger partial charge in [0.1, 0.15) is 0 Å². The standard InChI is InChI=1S/C15H22N4O2S/c16-10-15(5-1-2-6-15)18-12(20)8-11-9-22-14(17-11)19-7-3-4-13(19)21/h9H,1-8,10,16H2,(H,18,20). The first-order chi connectivity index (χ1) is 10.6. The third-order valence-corrected chi connectivity index (χ3v) is 5.45. The van der Waals surface area contributed by atoms with E-state index in [1.165, 1.54) is 11.3 Å². The molecule has 0 spiro atoms. The molecular weight excluding hydrogens is 300 g/mol. The molecule has 2 fully saturated rings.